The molecule has 0 fully saturated rings. The molecule has 0 radical (unpaired) electrons. The number of nitrogens with zero attached hydrogens (tertiary/aromatic N) is 1. The first-order valence-electron chi connectivity index (χ1n) is 9.06. The van der Waals surface area contributed by atoms with Gasteiger partial charge in [0.15, 0.2) is 0 Å². The van der Waals surface area contributed by atoms with Crippen molar-refractivity contribution in [2.45, 2.75) is 20.4 Å². The molecule has 3 rings (SSSR count). The third kappa shape index (κ3) is 5.67. The van der Waals surface area contributed by atoms with E-state index >= 15 is 0 Å². The molecule has 0 aliphatic heterocycles. The van der Waals surface area contributed by atoms with Gasteiger partial charge in [0.25, 0.3) is 11.6 Å². The Balaban J connectivity index is 0.00000136. The van der Waals surface area contributed by atoms with Crippen LogP contribution in [0, 0.1) is 10.1 Å². The van der Waals surface area contributed by atoms with Crippen molar-refractivity contribution in [3.8, 4) is 0 Å². The van der Waals surface area contributed by atoms with E-state index in [4.69, 9.17) is 0 Å². The number of nitro benzene ring substituents is 1. The minimum atomic E-state index is -0.478. The van der Waals surface area contributed by atoms with Gasteiger partial charge < -0.3 is 10.6 Å². The molecule has 1 amide bonds. The predicted molar refractivity (Wildman–Crippen MR) is 113 cm³/mol. The van der Waals surface area contributed by atoms with Crippen LogP contribution in [-0.4, -0.2) is 10.8 Å². The Hall–Kier alpha value is -3.67. The molecule has 0 unspecified atom stereocenters. The largest absolute Gasteiger partial charge is 0.380 e. The van der Waals surface area contributed by atoms with Gasteiger partial charge in [-0.1, -0.05) is 56.3 Å². The summed E-state index contributed by atoms with van der Waals surface area (Å²) in [6.45, 7) is 4.60. The fourth-order valence-electron chi connectivity index (χ4n) is 2.49. The third-order valence-corrected chi connectivity index (χ3v) is 3.83. The Morgan fingerprint density at radius 2 is 1.50 bits per heavy atom. The molecule has 28 heavy (non-hydrogen) atoms. The van der Waals surface area contributed by atoms with E-state index in [1.54, 1.807) is 12.1 Å². The molecule has 0 bridgehead atoms. The van der Waals surface area contributed by atoms with Crippen LogP contribution in [0.2, 0.25) is 0 Å². The number of hydrogen-bond acceptors (Lipinski definition) is 4. The lowest BCUT2D eigenvalue weighted by Gasteiger charge is -2.12. The van der Waals surface area contributed by atoms with Crippen molar-refractivity contribution >= 4 is 23.0 Å². The van der Waals surface area contributed by atoms with E-state index in [9.17, 15) is 14.9 Å². The molecule has 6 nitrogen and oxygen atoms in total. The highest BCUT2D eigenvalue weighted by molar-refractivity contribution is 6.08. The van der Waals surface area contributed by atoms with E-state index in [0.717, 1.165) is 11.3 Å². The maximum absolute atomic E-state index is 12.6. The SMILES string of the molecule is CC.O=C(Nc1ccc([N+](=O)[O-])cc1)c1ccccc1NCc1ccccc1. The summed E-state index contributed by atoms with van der Waals surface area (Å²) in [7, 11) is 0. The van der Waals surface area contributed by atoms with Crippen LogP contribution in [-0.2, 0) is 6.54 Å². The molecule has 6 heteroatoms. The van der Waals surface area contributed by atoms with Crippen molar-refractivity contribution in [1.82, 2.24) is 0 Å². The molecule has 0 saturated heterocycles. The maximum Gasteiger partial charge on any atom is 0.269 e. The zero-order valence-electron chi connectivity index (χ0n) is 15.9. The average Bonchev–Trinajstić information content (AvgIpc) is 2.75. The number of amides is 1. The van der Waals surface area contributed by atoms with Gasteiger partial charge in [0, 0.05) is 30.1 Å². The highest BCUT2D eigenvalue weighted by Gasteiger charge is 2.12. The number of carbonyl (C=O) groups is 1. The van der Waals surface area contributed by atoms with Gasteiger partial charge in [-0.05, 0) is 29.8 Å². The molecule has 0 saturated carbocycles. The molecule has 3 aromatic rings. The molecule has 0 aliphatic carbocycles. The number of hydrogen-bond donors (Lipinski definition) is 2. The van der Waals surface area contributed by atoms with Crippen LogP contribution >= 0.6 is 0 Å². The maximum atomic E-state index is 12.6. The van der Waals surface area contributed by atoms with E-state index in [1.807, 2.05) is 56.3 Å². The van der Waals surface area contributed by atoms with Gasteiger partial charge in [-0.25, -0.2) is 0 Å². The average molecular weight is 377 g/mol. The predicted octanol–water partition coefficient (Wildman–Crippen LogP) is 5.49. The first-order chi connectivity index (χ1) is 13.6. The van der Waals surface area contributed by atoms with E-state index in [1.165, 1.54) is 24.3 Å². The summed E-state index contributed by atoms with van der Waals surface area (Å²) in [6.07, 6.45) is 0. The van der Waals surface area contributed by atoms with Crippen molar-refractivity contribution in [3.05, 3.63) is 100 Å². The van der Waals surface area contributed by atoms with Crippen LogP contribution < -0.4 is 10.6 Å². The second-order valence-corrected chi connectivity index (χ2v) is 5.64. The molecule has 0 aromatic heterocycles. The van der Waals surface area contributed by atoms with Crippen LogP contribution in [0.5, 0.6) is 0 Å². The minimum Gasteiger partial charge on any atom is -0.380 e. The van der Waals surface area contributed by atoms with Crippen molar-refractivity contribution in [2.24, 2.45) is 0 Å². The minimum absolute atomic E-state index is 0.0204. The lowest BCUT2D eigenvalue weighted by Crippen LogP contribution is -2.14. The Kier molecular flexibility index (Phi) is 7.72. The van der Waals surface area contributed by atoms with Crippen molar-refractivity contribution in [2.75, 3.05) is 10.6 Å². The Labute approximate surface area is 164 Å². The molecule has 144 valence electrons. The van der Waals surface area contributed by atoms with E-state index in [2.05, 4.69) is 10.6 Å². The normalized spacial score (nSPS) is 9.64. The van der Waals surface area contributed by atoms with Gasteiger partial charge in [0.05, 0.1) is 10.5 Å². The standard InChI is InChI=1S/C20H17N3O3.C2H6/c24-20(22-16-10-12-17(13-11-16)23(25)26)18-8-4-5-9-19(18)21-14-15-6-2-1-3-7-15;1-2/h1-13,21H,14H2,(H,22,24);1-2H3. The first kappa shape index (κ1) is 20.6. The summed E-state index contributed by atoms with van der Waals surface area (Å²) >= 11 is 0. The zero-order valence-corrected chi connectivity index (χ0v) is 15.9. The molecular weight excluding hydrogens is 354 g/mol. The van der Waals surface area contributed by atoms with Gasteiger partial charge in [0.1, 0.15) is 0 Å². The zero-order chi connectivity index (χ0) is 20.4. The quantitative estimate of drug-likeness (QED) is 0.440. The lowest BCUT2D eigenvalue weighted by molar-refractivity contribution is -0.384. The number of rotatable bonds is 6. The third-order valence-electron chi connectivity index (χ3n) is 3.83. The van der Waals surface area contributed by atoms with Crippen molar-refractivity contribution < 1.29 is 9.72 Å². The van der Waals surface area contributed by atoms with Crippen LogP contribution in [0.15, 0.2) is 78.9 Å². The van der Waals surface area contributed by atoms with Gasteiger partial charge >= 0.3 is 0 Å². The monoisotopic (exact) mass is 377 g/mol. The fraction of sp³-hybridized carbons (Fsp3) is 0.136. The van der Waals surface area contributed by atoms with Gasteiger partial charge in [-0.3, -0.25) is 14.9 Å². The number of nitrogens with one attached hydrogen (secondary N) is 2. The Morgan fingerprint density at radius 3 is 2.14 bits per heavy atom. The molecule has 0 spiro atoms. The molecule has 3 aromatic carbocycles. The van der Waals surface area contributed by atoms with Crippen LogP contribution in [0.25, 0.3) is 0 Å². The Morgan fingerprint density at radius 1 is 0.893 bits per heavy atom. The van der Waals surface area contributed by atoms with Gasteiger partial charge in [-0.15, -0.1) is 0 Å². The molecule has 0 atom stereocenters. The van der Waals surface area contributed by atoms with E-state index in [-0.39, 0.29) is 11.6 Å². The smallest absolute Gasteiger partial charge is 0.269 e. The van der Waals surface area contributed by atoms with Crippen LogP contribution in [0.1, 0.15) is 29.8 Å². The highest BCUT2D eigenvalue weighted by Crippen LogP contribution is 2.20. The number of nitro groups is 1. The molecule has 0 heterocycles. The summed E-state index contributed by atoms with van der Waals surface area (Å²) < 4.78 is 0. The van der Waals surface area contributed by atoms with E-state index in [0.29, 0.717) is 17.8 Å². The summed E-state index contributed by atoms with van der Waals surface area (Å²) in [5.74, 6) is -0.282. The van der Waals surface area contributed by atoms with Crippen molar-refractivity contribution in [3.63, 3.8) is 0 Å². The number of anilines is 2. The second kappa shape index (κ2) is 10.5. The molecule has 2 N–H and O–H groups in total. The summed E-state index contributed by atoms with van der Waals surface area (Å²) in [5, 5.41) is 16.7. The number of benzene rings is 3. The Bertz CT molecular complexity index is 910. The van der Waals surface area contributed by atoms with Gasteiger partial charge in [-0.2, -0.15) is 0 Å². The number of para-hydroxylation sites is 1. The summed E-state index contributed by atoms with van der Waals surface area (Å²) in [6, 6.07) is 22.8. The highest BCUT2D eigenvalue weighted by atomic mass is 16.6. The topological polar surface area (TPSA) is 84.3 Å². The number of non-ortho nitro benzene ring substituents is 1. The van der Waals surface area contributed by atoms with Crippen LogP contribution in [0.3, 0.4) is 0 Å². The summed E-state index contributed by atoms with van der Waals surface area (Å²) in [5.41, 5.74) is 2.81. The van der Waals surface area contributed by atoms with E-state index < -0.39 is 4.92 Å². The van der Waals surface area contributed by atoms with Crippen molar-refractivity contribution in [1.29, 1.82) is 0 Å². The lowest BCUT2D eigenvalue weighted by atomic mass is 10.1. The van der Waals surface area contributed by atoms with Crippen LogP contribution in [0.4, 0.5) is 17.1 Å². The first-order valence-corrected chi connectivity index (χ1v) is 9.06. The summed E-state index contributed by atoms with van der Waals surface area (Å²) in [4.78, 5) is 22.8. The second-order valence-electron chi connectivity index (χ2n) is 5.64. The fourth-order valence-corrected chi connectivity index (χ4v) is 2.49. The molecule has 0 aliphatic rings. The van der Waals surface area contributed by atoms with Gasteiger partial charge in [0.2, 0.25) is 0 Å². The molecular formula is C22H23N3O3. The number of carbonyl (C=O) groups excluding carboxylic acids is 1.